The Kier molecular flexibility index (Phi) is 48.5. The average molecular weight is 862 g/mol. The summed E-state index contributed by atoms with van der Waals surface area (Å²) in [6.45, 7) is 6.50. The summed E-state index contributed by atoms with van der Waals surface area (Å²) in [5, 5.41) is 23.8. The Bertz CT molecular complexity index is 924. The molecule has 0 aliphatic carbocycles. The van der Waals surface area contributed by atoms with Gasteiger partial charge in [0.2, 0.25) is 5.91 Å². The predicted octanol–water partition coefficient (Wildman–Crippen LogP) is 16.5. The van der Waals surface area contributed by atoms with Gasteiger partial charge in [0, 0.05) is 6.42 Å². The number of aliphatic hydroxyl groups is 2. The number of rotatable bonds is 50. The molecular weight excluding hydrogens is 755 g/mol. The number of esters is 1. The van der Waals surface area contributed by atoms with Gasteiger partial charge < -0.3 is 20.3 Å². The second kappa shape index (κ2) is 49.6. The number of carbonyl (C=O) groups excluding carboxylic acids is 2. The highest BCUT2D eigenvalue weighted by atomic mass is 16.5. The number of ether oxygens (including phenoxy) is 1. The molecule has 61 heavy (non-hydrogen) atoms. The van der Waals surface area contributed by atoms with Crippen molar-refractivity contribution >= 4 is 11.9 Å². The lowest BCUT2D eigenvalue weighted by Gasteiger charge is -2.24. The van der Waals surface area contributed by atoms with Crippen molar-refractivity contribution in [2.24, 2.45) is 0 Å². The van der Waals surface area contributed by atoms with Crippen molar-refractivity contribution in [1.29, 1.82) is 0 Å². The molecule has 3 unspecified atom stereocenters. The van der Waals surface area contributed by atoms with Crippen molar-refractivity contribution in [2.75, 3.05) is 6.61 Å². The summed E-state index contributed by atoms with van der Waals surface area (Å²) in [5.41, 5.74) is 0. The second-order valence-electron chi connectivity index (χ2n) is 19.0. The van der Waals surface area contributed by atoms with E-state index < -0.39 is 18.2 Å². The molecule has 0 fully saturated rings. The van der Waals surface area contributed by atoms with Crippen LogP contribution in [0.25, 0.3) is 0 Å². The third-order valence-electron chi connectivity index (χ3n) is 12.8. The minimum absolute atomic E-state index is 0.0819. The number of hydrogen-bond acceptors (Lipinski definition) is 5. The van der Waals surface area contributed by atoms with Gasteiger partial charge in [0.25, 0.3) is 0 Å². The van der Waals surface area contributed by atoms with Crippen LogP contribution in [0.1, 0.15) is 303 Å². The Hall–Kier alpha value is -1.40. The van der Waals surface area contributed by atoms with Crippen LogP contribution >= 0.6 is 0 Å². The molecular formula is C55H107NO5. The highest BCUT2D eigenvalue weighted by Crippen LogP contribution is 2.19. The molecule has 0 spiro atoms. The van der Waals surface area contributed by atoms with Crippen LogP contribution < -0.4 is 5.32 Å². The number of amides is 1. The van der Waals surface area contributed by atoms with E-state index >= 15 is 0 Å². The third kappa shape index (κ3) is 45.0. The number of nitrogens with one attached hydrogen (secondary N) is 1. The Morgan fingerprint density at radius 1 is 0.459 bits per heavy atom. The van der Waals surface area contributed by atoms with Crippen LogP contribution in [0.15, 0.2) is 12.2 Å². The molecule has 0 heterocycles. The van der Waals surface area contributed by atoms with Crippen LogP contribution in [0.2, 0.25) is 0 Å². The highest BCUT2D eigenvalue weighted by Gasteiger charge is 2.24. The van der Waals surface area contributed by atoms with Gasteiger partial charge >= 0.3 is 5.97 Å². The second-order valence-corrected chi connectivity index (χ2v) is 19.0. The summed E-state index contributed by atoms with van der Waals surface area (Å²) in [7, 11) is 0. The Morgan fingerprint density at radius 2 is 0.787 bits per heavy atom. The summed E-state index contributed by atoms with van der Waals surface area (Å²) >= 11 is 0. The standard InChI is InChI=1S/C55H107NO5/c1-4-7-10-13-16-19-22-25-26-27-28-30-31-34-37-40-43-46-51(61-55(60)48-45-42-39-36-33-29-23-20-17-14-11-8-5-2)49-54(59)56-52(50-57)53(58)47-44-41-38-35-32-24-21-18-15-12-9-6-3/h25-26,51-53,57-58H,4-24,27-50H2,1-3H3,(H,56,59)/b26-25+. The van der Waals surface area contributed by atoms with Crippen LogP contribution in [0, 0.1) is 0 Å². The van der Waals surface area contributed by atoms with Crippen LogP contribution in [0.4, 0.5) is 0 Å². The predicted molar refractivity (Wildman–Crippen MR) is 264 cm³/mol. The van der Waals surface area contributed by atoms with E-state index in [4.69, 9.17) is 4.74 Å². The van der Waals surface area contributed by atoms with Crippen LogP contribution in [-0.4, -0.2) is 46.9 Å². The molecule has 0 aliphatic heterocycles. The Balaban J connectivity index is 4.54. The van der Waals surface area contributed by atoms with Crippen molar-refractivity contribution in [2.45, 2.75) is 322 Å². The molecule has 0 saturated heterocycles. The first-order valence-electron chi connectivity index (χ1n) is 27.4. The van der Waals surface area contributed by atoms with Crippen molar-refractivity contribution in [3.05, 3.63) is 12.2 Å². The summed E-state index contributed by atoms with van der Waals surface area (Å²) < 4.78 is 5.95. The maximum atomic E-state index is 13.2. The summed E-state index contributed by atoms with van der Waals surface area (Å²) in [4.78, 5) is 26.2. The summed E-state index contributed by atoms with van der Waals surface area (Å²) in [6, 6.07) is -0.696. The monoisotopic (exact) mass is 862 g/mol. The van der Waals surface area contributed by atoms with E-state index in [1.54, 1.807) is 0 Å². The van der Waals surface area contributed by atoms with Crippen molar-refractivity contribution in [3.63, 3.8) is 0 Å². The lowest BCUT2D eigenvalue weighted by molar-refractivity contribution is -0.151. The first kappa shape index (κ1) is 59.6. The number of unbranched alkanes of at least 4 members (excludes halogenated alkanes) is 36. The van der Waals surface area contributed by atoms with Gasteiger partial charge in [0.15, 0.2) is 0 Å². The molecule has 6 nitrogen and oxygen atoms in total. The number of aliphatic hydroxyl groups excluding tert-OH is 2. The molecule has 362 valence electrons. The topological polar surface area (TPSA) is 95.9 Å². The molecule has 0 aromatic rings. The Morgan fingerprint density at radius 3 is 1.16 bits per heavy atom. The van der Waals surface area contributed by atoms with Gasteiger partial charge in [-0.05, 0) is 51.4 Å². The Labute approximate surface area is 380 Å². The molecule has 3 atom stereocenters. The maximum absolute atomic E-state index is 13.2. The van der Waals surface area contributed by atoms with Crippen LogP contribution in [0.3, 0.4) is 0 Å². The highest BCUT2D eigenvalue weighted by molar-refractivity contribution is 5.77. The smallest absolute Gasteiger partial charge is 0.306 e. The van der Waals surface area contributed by atoms with Gasteiger partial charge in [0.05, 0.1) is 25.2 Å². The number of hydrogen-bond donors (Lipinski definition) is 3. The van der Waals surface area contributed by atoms with E-state index in [2.05, 4.69) is 38.2 Å². The minimum atomic E-state index is -0.783. The number of carbonyl (C=O) groups is 2. The van der Waals surface area contributed by atoms with E-state index in [0.29, 0.717) is 19.3 Å². The largest absolute Gasteiger partial charge is 0.462 e. The fraction of sp³-hybridized carbons (Fsp3) is 0.927. The zero-order valence-electron chi connectivity index (χ0n) is 41.3. The van der Waals surface area contributed by atoms with Gasteiger partial charge in [-0.25, -0.2) is 0 Å². The van der Waals surface area contributed by atoms with Gasteiger partial charge in [-0.2, -0.15) is 0 Å². The van der Waals surface area contributed by atoms with E-state index in [-0.39, 0.29) is 24.9 Å². The quantitative estimate of drug-likeness (QED) is 0.0322. The average Bonchev–Trinajstić information content (AvgIpc) is 3.25. The molecule has 0 rings (SSSR count). The third-order valence-corrected chi connectivity index (χ3v) is 12.8. The van der Waals surface area contributed by atoms with Gasteiger partial charge in [-0.3, -0.25) is 9.59 Å². The summed E-state index contributed by atoms with van der Waals surface area (Å²) in [5.74, 6) is -0.458. The molecule has 0 aromatic carbocycles. The van der Waals surface area contributed by atoms with E-state index in [0.717, 1.165) is 51.4 Å². The van der Waals surface area contributed by atoms with E-state index in [1.807, 2.05) is 0 Å². The molecule has 0 aromatic heterocycles. The van der Waals surface area contributed by atoms with Gasteiger partial charge in [-0.15, -0.1) is 0 Å². The first-order chi connectivity index (χ1) is 30.0. The minimum Gasteiger partial charge on any atom is -0.462 e. The van der Waals surface area contributed by atoms with Crippen molar-refractivity contribution in [3.8, 4) is 0 Å². The van der Waals surface area contributed by atoms with Crippen molar-refractivity contribution in [1.82, 2.24) is 5.32 Å². The lowest BCUT2D eigenvalue weighted by Crippen LogP contribution is -2.46. The molecule has 1 amide bonds. The molecule has 0 aliphatic rings. The summed E-state index contributed by atoms with van der Waals surface area (Å²) in [6.07, 6.45) is 55.6. The zero-order valence-corrected chi connectivity index (χ0v) is 41.3. The number of allylic oxidation sites excluding steroid dienone is 2. The SMILES string of the molecule is CCCCCCCC/C=C/CCCCCCCCCC(CC(=O)NC(CO)C(O)CCCCCCCCCCCCCC)OC(=O)CCCCCCCCCCCCCCC. The molecule has 3 N–H and O–H groups in total. The van der Waals surface area contributed by atoms with Crippen molar-refractivity contribution < 1.29 is 24.5 Å². The van der Waals surface area contributed by atoms with Crippen LogP contribution in [0.5, 0.6) is 0 Å². The van der Waals surface area contributed by atoms with Gasteiger partial charge in [0.1, 0.15) is 6.10 Å². The van der Waals surface area contributed by atoms with E-state index in [9.17, 15) is 19.8 Å². The van der Waals surface area contributed by atoms with Crippen LogP contribution in [-0.2, 0) is 14.3 Å². The molecule has 6 heteroatoms. The fourth-order valence-corrected chi connectivity index (χ4v) is 8.66. The first-order valence-corrected chi connectivity index (χ1v) is 27.4. The molecule has 0 radical (unpaired) electrons. The molecule has 0 bridgehead atoms. The normalized spacial score (nSPS) is 13.2. The fourth-order valence-electron chi connectivity index (χ4n) is 8.66. The maximum Gasteiger partial charge on any atom is 0.306 e. The van der Waals surface area contributed by atoms with E-state index in [1.165, 1.54) is 205 Å². The zero-order chi connectivity index (χ0) is 44.5. The lowest BCUT2D eigenvalue weighted by atomic mass is 10.0. The molecule has 0 saturated carbocycles. The van der Waals surface area contributed by atoms with Gasteiger partial charge in [-0.1, -0.05) is 251 Å².